The normalized spacial score (nSPS) is 10.7. The van der Waals surface area contributed by atoms with Gasteiger partial charge < -0.3 is 10.1 Å². The van der Waals surface area contributed by atoms with Crippen LogP contribution < -0.4 is 10.1 Å². The Hall–Kier alpha value is -4.78. The molecule has 5 rings (SSSR count). The molecule has 0 saturated carbocycles. The number of amides is 1. The molecule has 0 aliphatic heterocycles. The molecule has 0 saturated heterocycles. The van der Waals surface area contributed by atoms with E-state index < -0.39 is 0 Å². The highest BCUT2D eigenvalue weighted by Crippen LogP contribution is 2.24. The Morgan fingerprint density at radius 2 is 1.57 bits per heavy atom. The molecule has 0 aliphatic carbocycles. The summed E-state index contributed by atoms with van der Waals surface area (Å²) in [5.41, 5.74) is 3.43. The minimum atomic E-state index is -0.176. The van der Waals surface area contributed by atoms with Crippen LogP contribution >= 0.6 is 0 Å². The molecule has 35 heavy (non-hydrogen) atoms. The molecule has 3 aromatic carbocycles. The van der Waals surface area contributed by atoms with Gasteiger partial charge in [-0.25, -0.2) is 9.97 Å². The van der Waals surface area contributed by atoms with E-state index in [0.717, 1.165) is 17.0 Å². The molecule has 7 nitrogen and oxygen atoms in total. The van der Waals surface area contributed by atoms with E-state index in [4.69, 9.17) is 4.74 Å². The van der Waals surface area contributed by atoms with Crippen molar-refractivity contribution >= 4 is 11.6 Å². The summed E-state index contributed by atoms with van der Waals surface area (Å²) in [5.74, 6) is 2.95. The summed E-state index contributed by atoms with van der Waals surface area (Å²) < 4.78 is 7.81. The summed E-state index contributed by atoms with van der Waals surface area (Å²) in [6.45, 7) is 3.72. The van der Waals surface area contributed by atoms with Crippen LogP contribution in [-0.4, -0.2) is 25.4 Å². The maximum absolute atomic E-state index is 12.7. The number of rotatable bonds is 6. The standard InChI is InChI=1S/C28H23N5O2/c1-19-30-26(33-17-16-29-20(33)2)18-27(31-19)35-25-14-12-24(13-15-25)32-28(34)23-10-8-22(9-11-23)21-6-4-3-5-7-21/h3-18H,1-2H3,(H,32,34). The number of nitrogens with one attached hydrogen (secondary N) is 1. The maximum Gasteiger partial charge on any atom is 0.255 e. The van der Waals surface area contributed by atoms with Gasteiger partial charge in [-0.15, -0.1) is 0 Å². The lowest BCUT2D eigenvalue weighted by molar-refractivity contribution is 0.102. The molecule has 1 N–H and O–H groups in total. The number of hydrogen-bond donors (Lipinski definition) is 1. The summed E-state index contributed by atoms with van der Waals surface area (Å²) in [5, 5.41) is 2.92. The predicted molar refractivity (Wildman–Crippen MR) is 135 cm³/mol. The van der Waals surface area contributed by atoms with Crippen molar-refractivity contribution in [3.05, 3.63) is 115 Å². The van der Waals surface area contributed by atoms with Crippen molar-refractivity contribution < 1.29 is 9.53 Å². The third-order valence-corrected chi connectivity index (χ3v) is 5.46. The Kier molecular flexibility index (Phi) is 6.05. The molecule has 0 radical (unpaired) electrons. The third kappa shape index (κ3) is 5.09. The molecular weight excluding hydrogens is 438 g/mol. The van der Waals surface area contributed by atoms with Crippen LogP contribution in [-0.2, 0) is 0 Å². The summed E-state index contributed by atoms with van der Waals surface area (Å²) in [7, 11) is 0. The van der Waals surface area contributed by atoms with Gasteiger partial charge in [0, 0.05) is 29.7 Å². The van der Waals surface area contributed by atoms with E-state index in [9.17, 15) is 4.79 Å². The summed E-state index contributed by atoms with van der Waals surface area (Å²) >= 11 is 0. The van der Waals surface area contributed by atoms with Crippen LogP contribution in [0.1, 0.15) is 22.0 Å². The van der Waals surface area contributed by atoms with Crippen molar-refractivity contribution in [3.63, 3.8) is 0 Å². The highest BCUT2D eigenvalue weighted by Gasteiger charge is 2.10. The van der Waals surface area contributed by atoms with Gasteiger partial charge >= 0.3 is 0 Å². The fraction of sp³-hybridized carbons (Fsp3) is 0.0714. The number of benzene rings is 3. The van der Waals surface area contributed by atoms with Crippen LogP contribution in [0.3, 0.4) is 0 Å². The molecule has 172 valence electrons. The lowest BCUT2D eigenvalue weighted by atomic mass is 10.0. The smallest absolute Gasteiger partial charge is 0.255 e. The van der Waals surface area contributed by atoms with Gasteiger partial charge in [-0.05, 0) is 61.4 Å². The van der Waals surface area contributed by atoms with Gasteiger partial charge in [-0.1, -0.05) is 42.5 Å². The zero-order valence-electron chi connectivity index (χ0n) is 19.3. The minimum Gasteiger partial charge on any atom is -0.439 e. The molecule has 5 aromatic rings. The van der Waals surface area contributed by atoms with Gasteiger partial charge in [0.05, 0.1) is 0 Å². The first-order valence-electron chi connectivity index (χ1n) is 11.2. The van der Waals surface area contributed by atoms with Crippen LogP contribution in [0, 0.1) is 13.8 Å². The zero-order valence-corrected chi connectivity index (χ0v) is 19.3. The number of carbonyl (C=O) groups excluding carboxylic acids is 1. The Morgan fingerprint density at radius 1 is 0.857 bits per heavy atom. The molecule has 0 unspecified atom stereocenters. The number of ether oxygens (including phenoxy) is 1. The molecule has 0 spiro atoms. The molecule has 1 amide bonds. The van der Waals surface area contributed by atoms with E-state index in [0.29, 0.717) is 34.5 Å². The summed E-state index contributed by atoms with van der Waals surface area (Å²) in [6.07, 6.45) is 3.56. The molecule has 0 bridgehead atoms. The average molecular weight is 462 g/mol. The summed E-state index contributed by atoms with van der Waals surface area (Å²) in [6, 6.07) is 26.5. The Morgan fingerprint density at radius 3 is 2.26 bits per heavy atom. The van der Waals surface area contributed by atoms with Crippen molar-refractivity contribution in [3.8, 4) is 28.6 Å². The van der Waals surface area contributed by atoms with E-state index in [2.05, 4.69) is 20.3 Å². The number of nitrogens with zero attached hydrogens (tertiary/aromatic N) is 4. The molecule has 0 fully saturated rings. The summed E-state index contributed by atoms with van der Waals surface area (Å²) in [4.78, 5) is 25.8. The number of hydrogen-bond acceptors (Lipinski definition) is 5. The fourth-order valence-electron chi connectivity index (χ4n) is 3.70. The van der Waals surface area contributed by atoms with E-state index in [1.54, 1.807) is 36.5 Å². The Balaban J connectivity index is 1.25. The van der Waals surface area contributed by atoms with E-state index >= 15 is 0 Å². The number of aryl methyl sites for hydroxylation is 2. The van der Waals surface area contributed by atoms with Crippen molar-refractivity contribution in [1.29, 1.82) is 0 Å². The zero-order chi connectivity index (χ0) is 24.2. The van der Waals surface area contributed by atoms with Crippen molar-refractivity contribution in [2.75, 3.05) is 5.32 Å². The van der Waals surface area contributed by atoms with Crippen LogP contribution in [0.25, 0.3) is 16.9 Å². The van der Waals surface area contributed by atoms with Crippen LogP contribution in [0.4, 0.5) is 5.69 Å². The van der Waals surface area contributed by atoms with Gasteiger partial charge in [0.25, 0.3) is 5.91 Å². The van der Waals surface area contributed by atoms with Gasteiger partial charge in [-0.2, -0.15) is 4.98 Å². The molecule has 2 aromatic heterocycles. The second-order valence-electron chi connectivity index (χ2n) is 7.98. The molecule has 0 atom stereocenters. The van der Waals surface area contributed by atoms with Crippen molar-refractivity contribution in [1.82, 2.24) is 19.5 Å². The second kappa shape index (κ2) is 9.61. The van der Waals surface area contributed by atoms with Crippen molar-refractivity contribution in [2.24, 2.45) is 0 Å². The molecule has 0 aliphatic rings. The first kappa shape index (κ1) is 22.0. The van der Waals surface area contributed by atoms with Crippen LogP contribution in [0.5, 0.6) is 11.6 Å². The van der Waals surface area contributed by atoms with Gasteiger partial charge in [-0.3, -0.25) is 9.36 Å². The first-order chi connectivity index (χ1) is 17.0. The fourth-order valence-corrected chi connectivity index (χ4v) is 3.70. The van der Waals surface area contributed by atoms with E-state index in [1.807, 2.05) is 79.2 Å². The van der Waals surface area contributed by atoms with Crippen LogP contribution in [0.15, 0.2) is 97.3 Å². The Bertz CT molecular complexity index is 1460. The second-order valence-corrected chi connectivity index (χ2v) is 7.98. The largest absolute Gasteiger partial charge is 0.439 e. The lowest BCUT2D eigenvalue weighted by Gasteiger charge is -2.10. The SMILES string of the molecule is Cc1nc(Oc2ccc(NC(=O)c3ccc(-c4ccccc4)cc3)cc2)cc(-n2ccnc2C)n1. The number of aromatic nitrogens is 4. The lowest BCUT2D eigenvalue weighted by Crippen LogP contribution is -2.11. The highest BCUT2D eigenvalue weighted by atomic mass is 16.5. The molecule has 2 heterocycles. The molecule has 7 heteroatoms. The van der Waals surface area contributed by atoms with E-state index in [1.165, 1.54) is 0 Å². The monoisotopic (exact) mass is 461 g/mol. The van der Waals surface area contributed by atoms with Gasteiger partial charge in [0.2, 0.25) is 5.88 Å². The van der Waals surface area contributed by atoms with Crippen LogP contribution in [0.2, 0.25) is 0 Å². The quantitative estimate of drug-likeness (QED) is 0.336. The Labute approximate surface area is 203 Å². The minimum absolute atomic E-state index is 0.176. The number of anilines is 1. The van der Waals surface area contributed by atoms with Crippen molar-refractivity contribution in [2.45, 2.75) is 13.8 Å². The van der Waals surface area contributed by atoms with Gasteiger partial charge in [0.15, 0.2) is 0 Å². The molecular formula is C28H23N5O2. The number of imidazole rings is 1. The maximum atomic E-state index is 12.7. The van der Waals surface area contributed by atoms with E-state index in [-0.39, 0.29) is 5.91 Å². The number of carbonyl (C=O) groups is 1. The topological polar surface area (TPSA) is 81.9 Å². The third-order valence-electron chi connectivity index (χ3n) is 5.46. The first-order valence-corrected chi connectivity index (χ1v) is 11.2. The predicted octanol–water partition coefficient (Wildman–Crippen LogP) is 5.99. The highest BCUT2D eigenvalue weighted by molar-refractivity contribution is 6.04. The average Bonchev–Trinajstić information content (AvgIpc) is 3.31. The van der Waals surface area contributed by atoms with Gasteiger partial charge in [0.1, 0.15) is 23.2 Å².